The number of benzene rings is 1. The second kappa shape index (κ2) is 11.1. The Labute approximate surface area is 205 Å². The summed E-state index contributed by atoms with van der Waals surface area (Å²) in [6, 6.07) is 7.66. The molecule has 0 spiro atoms. The van der Waals surface area contributed by atoms with Gasteiger partial charge in [-0.15, -0.1) is 0 Å². The van der Waals surface area contributed by atoms with Crippen molar-refractivity contribution in [3.63, 3.8) is 0 Å². The second-order valence-corrected chi connectivity index (χ2v) is 9.45. The average molecular weight is 528 g/mol. The first-order valence-corrected chi connectivity index (χ1v) is 12.0. The first-order chi connectivity index (χ1) is 17.0. The zero-order valence-corrected chi connectivity index (χ0v) is 19.7. The van der Waals surface area contributed by atoms with Crippen LogP contribution in [0.15, 0.2) is 30.3 Å². The summed E-state index contributed by atoms with van der Waals surface area (Å²) < 4.78 is 107. The molecule has 3 N–H and O–H groups in total. The van der Waals surface area contributed by atoms with Crippen LogP contribution < -0.4 is 16.2 Å². The van der Waals surface area contributed by atoms with Gasteiger partial charge in [-0.2, -0.15) is 26.3 Å². The van der Waals surface area contributed by atoms with Crippen molar-refractivity contribution >= 4 is 0 Å². The molecule has 204 valence electrons. The maximum atomic E-state index is 14.6. The summed E-state index contributed by atoms with van der Waals surface area (Å²) >= 11 is 0. The molecule has 6 unspecified atom stereocenters. The fourth-order valence-corrected chi connectivity index (χ4v) is 4.73. The molecule has 0 saturated carbocycles. The number of alkyl halides is 6. The lowest BCUT2D eigenvalue weighted by molar-refractivity contribution is -0.331. The summed E-state index contributed by atoms with van der Waals surface area (Å²) in [6.45, 7) is 0.391. The molecule has 3 saturated heterocycles. The van der Waals surface area contributed by atoms with E-state index in [4.69, 9.17) is 18.9 Å². The molecule has 0 aliphatic carbocycles. The summed E-state index contributed by atoms with van der Waals surface area (Å²) in [5.41, 5.74) is 2.83. The van der Waals surface area contributed by atoms with Crippen LogP contribution in [0.5, 0.6) is 0 Å². The van der Waals surface area contributed by atoms with Crippen LogP contribution >= 0.6 is 0 Å². The summed E-state index contributed by atoms with van der Waals surface area (Å²) in [6.07, 6.45) is -13.7. The second-order valence-electron chi connectivity index (χ2n) is 9.45. The first-order valence-electron chi connectivity index (χ1n) is 12.0. The van der Waals surface area contributed by atoms with E-state index in [2.05, 4.69) is 16.2 Å². The zero-order valence-electron chi connectivity index (χ0n) is 19.7. The monoisotopic (exact) mass is 527 g/mol. The maximum Gasteiger partial charge on any atom is 0.423 e. The van der Waals surface area contributed by atoms with E-state index in [1.807, 2.05) is 0 Å². The first kappa shape index (κ1) is 27.6. The molecule has 1 aromatic carbocycles. The van der Waals surface area contributed by atoms with E-state index in [0.29, 0.717) is 18.4 Å². The van der Waals surface area contributed by atoms with Gasteiger partial charge in [0.2, 0.25) is 5.60 Å². The Morgan fingerprint density at radius 1 is 0.972 bits per heavy atom. The number of ether oxygens (including phenoxy) is 4. The van der Waals surface area contributed by atoms with E-state index < -0.39 is 61.3 Å². The standard InChI is InChI=1S/C23H31F6N3O4/c1-14-6-5-11-33-13-21(23(27,28)29,34-12-15-7-3-2-4-8-15)20-32-31-19(36-20)17-10-9-16(22(24,25)26)18(30-17)35-14/h2-4,7-8,14,16-20,30-32H,5-6,9-13H2,1H3/t14-,16?,17?,18?,19?,20?,21?/m1/s1. The molecule has 3 aliphatic rings. The van der Waals surface area contributed by atoms with Gasteiger partial charge in [0.05, 0.1) is 31.3 Å². The van der Waals surface area contributed by atoms with E-state index in [1.54, 1.807) is 37.3 Å². The fourth-order valence-electron chi connectivity index (χ4n) is 4.73. The van der Waals surface area contributed by atoms with E-state index >= 15 is 0 Å². The fraction of sp³-hybridized carbons (Fsp3) is 0.739. The maximum absolute atomic E-state index is 14.6. The van der Waals surface area contributed by atoms with Crippen LogP contribution in [0.1, 0.15) is 38.2 Å². The highest BCUT2D eigenvalue weighted by Gasteiger charge is 2.64. The molecule has 7 atom stereocenters. The Bertz CT molecular complexity index is 845. The lowest BCUT2D eigenvalue weighted by atomic mass is 9.91. The van der Waals surface area contributed by atoms with E-state index in [-0.39, 0.29) is 26.1 Å². The van der Waals surface area contributed by atoms with E-state index in [0.717, 1.165) is 0 Å². The summed E-state index contributed by atoms with van der Waals surface area (Å²) in [4.78, 5) is 0. The normalized spacial score (nSPS) is 36.9. The predicted molar refractivity (Wildman–Crippen MR) is 115 cm³/mol. The molecule has 13 heteroatoms. The van der Waals surface area contributed by atoms with Gasteiger partial charge in [-0.1, -0.05) is 30.3 Å². The van der Waals surface area contributed by atoms with Crippen LogP contribution in [-0.4, -0.2) is 62.0 Å². The van der Waals surface area contributed by atoms with Crippen molar-refractivity contribution in [2.45, 2.75) is 88.0 Å². The highest BCUT2D eigenvalue weighted by Crippen LogP contribution is 2.41. The molecule has 4 bridgehead atoms. The lowest BCUT2D eigenvalue weighted by Crippen LogP contribution is -2.63. The Morgan fingerprint density at radius 3 is 2.42 bits per heavy atom. The van der Waals surface area contributed by atoms with Crippen molar-refractivity contribution in [1.82, 2.24) is 16.2 Å². The third kappa shape index (κ3) is 6.14. The average Bonchev–Trinajstić information content (AvgIpc) is 3.30. The summed E-state index contributed by atoms with van der Waals surface area (Å²) in [5.74, 6) is -1.74. The minimum Gasteiger partial charge on any atom is -0.378 e. The molecule has 3 heterocycles. The van der Waals surface area contributed by atoms with Crippen LogP contribution in [0.25, 0.3) is 0 Å². The Morgan fingerprint density at radius 2 is 1.72 bits per heavy atom. The molecule has 0 aromatic heterocycles. The number of piperidine rings is 1. The molecule has 36 heavy (non-hydrogen) atoms. The molecule has 7 nitrogen and oxygen atoms in total. The third-order valence-electron chi connectivity index (χ3n) is 6.80. The van der Waals surface area contributed by atoms with Crippen LogP contribution in [0.2, 0.25) is 0 Å². The van der Waals surface area contributed by atoms with Crippen LogP contribution in [0.4, 0.5) is 26.3 Å². The number of hydrogen-bond acceptors (Lipinski definition) is 7. The van der Waals surface area contributed by atoms with Crippen molar-refractivity contribution in [3.8, 4) is 0 Å². The summed E-state index contributed by atoms with van der Waals surface area (Å²) in [5, 5.41) is 2.82. The smallest absolute Gasteiger partial charge is 0.378 e. The zero-order chi connectivity index (χ0) is 26.0. The SMILES string of the molecule is C[C@@H]1CCCOCC(OCc2ccccc2)(C(F)(F)F)C2NNC(O2)C2CCC(C(F)(F)F)C(N2)O1. The van der Waals surface area contributed by atoms with E-state index in [1.165, 1.54) is 0 Å². The van der Waals surface area contributed by atoms with Gasteiger partial charge in [-0.05, 0) is 38.2 Å². The van der Waals surface area contributed by atoms with Crippen LogP contribution in [-0.2, 0) is 25.6 Å². The lowest BCUT2D eigenvalue weighted by Gasteiger charge is -2.42. The quantitative estimate of drug-likeness (QED) is 0.518. The highest BCUT2D eigenvalue weighted by atomic mass is 19.4. The van der Waals surface area contributed by atoms with Crippen molar-refractivity contribution in [1.29, 1.82) is 0 Å². The van der Waals surface area contributed by atoms with Crippen molar-refractivity contribution in [2.24, 2.45) is 5.92 Å². The molecule has 0 radical (unpaired) electrons. The van der Waals surface area contributed by atoms with Gasteiger partial charge in [0.1, 0.15) is 12.5 Å². The minimum absolute atomic E-state index is 0.0187. The molecule has 3 aliphatic heterocycles. The van der Waals surface area contributed by atoms with Gasteiger partial charge in [0, 0.05) is 6.61 Å². The molecule has 1 aromatic rings. The van der Waals surface area contributed by atoms with Gasteiger partial charge >= 0.3 is 12.4 Å². The largest absolute Gasteiger partial charge is 0.423 e. The molecular weight excluding hydrogens is 496 g/mol. The molecule has 0 amide bonds. The number of nitrogens with one attached hydrogen (secondary N) is 3. The number of rotatable bonds is 3. The predicted octanol–water partition coefficient (Wildman–Crippen LogP) is 3.75. The van der Waals surface area contributed by atoms with Crippen LogP contribution in [0, 0.1) is 5.92 Å². The topological polar surface area (TPSA) is 73.0 Å². The number of fused-ring (bicyclic) bond motifs is 5. The highest BCUT2D eigenvalue weighted by molar-refractivity contribution is 5.14. The number of halogens is 6. The van der Waals surface area contributed by atoms with E-state index in [9.17, 15) is 26.3 Å². The van der Waals surface area contributed by atoms with Crippen LogP contribution in [0.3, 0.4) is 0 Å². The number of hydrazine groups is 1. The summed E-state index contributed by atoms with van der Waals surface area (Å²) in [7, 11) is 0. The van der Waals surface area contributed by atoms with Gasteiger partial charge in [-0.3, -0.25) is 5.32 Å². The van der Waals surface area contributed by atoms with Crippen molar-refractivity contribution in [3.05, 3.63) is 35.9 Å². The van der Waals surface area contributed by atoms with Crippen molar-refractivity contribution in [2.75, 3.05) is 13.2 Å². The number of hydrogen-bond donors (Lipinski definition) is 3. The third-order valence-corrected chi connectivity index (χ3v) is 6.80. The Balaban J connectivity index is 1.59. The molecule has 3 fully saturated rings. The Kier molecular flexibility index (Phi) is 8.49. The van der Waals surface area contributed by atoms with Gasteiger partial charge < -0.3 is 18.9 Å². The minimum atomic E-state index is -4.90. The van der Waals surface area contributed by atoms with Gasteiger partial charge in [0.25, 0.3) is 0 Å². The van der Waals surface area contributed by atoms with Crippen molar-refractivity contribution < 1.29 is 45.3 Å². The Hall–Kier alpha value is -1.48. The molecule has 4 rings (SSSR count). The van der Waals surface area contributed by atoms with Gasteiger partial charge in [0.15, 0.2) is 6.23 Å². The molecular formula is C23H31F6N3O4. The van der Waals surface area contributed by atoms with Gasteiger partial charge in [-0.25, -0.2) is 10.9 Å².